The van der Waals surface area contributed by atoms with E-state index in [0.29, 0.717) is 6.54 Å². The summed E-state index contributed by atoms with van der Waals surface area (Å²) in [7, 11) is 0. The fourth-order valence-electron chi connectivity index (χ4n) is 2.05. The Morgan fingerprint density at radius 2 is 2.20 bits per heavy atom. The highest BCUT2D eigenvalue weighted by atomic mass is 35.5. The van der Waals surface area contributed by atoms with Crippen molar-refractivity contribution in [1.29, 1.82) is 0 Å². The number of hydrogen-bond donors (Lipinski definition) is 1. The normalized spacial score (nSPS) is 18.5. The number of rotatable bonds is 4. The van der Waals surface area contributed by atoms with Crippen LogP contribution in [0.2, 0.25) is 5.02 Å². The Balaban J connectivity index is 2.22. The van der Waals surface area contributed by atoms with Gasteiger partial charge in [-0.3, -0.25) is 24.6 Å². The summed E-state index contributed by atoms with van der Waals surface area (Å²) in [5.41, 5.74) is 0.131. The molecule has 1 unspecified atom stereocenters. The molecule has 1 fully saturated rings. The van der Waals surface area contributed by atoms with Crippen molar-refractivity contribution in [2.75, 3.05) is 11.9 Å². The zero-order valence-electron chi connectivity index (χ0n) is 10.6. The first-order valence-electron chi connectivity index (χ1n) is 5.98. The summed E-state index contributed by atoms with van der Waals surface area (Å²) in [5, 5.41) is 13.8. The lowest BCUT2D eigenvalue weighted by molar-refractivity contribution is -0.384. The van der Waals surface area contributed by atoms with Crippen molar-refractivity contribution in [2.45, 2.75) is 19.4 Å². The van der Waals surface area contributed by atoms with E-state index in [-0.39, 0.29) is 34.6 Å². The van der Waals surface area contributed by atoms with Gasteiger partial charge in [0.2, 0.25) is 5.91 Å². The molecule has 0 bridgehead atoms. The molecule has 0 spiro atoms. The zero-order valence-corrected chi connectivity index (χ0v) is 11.4. The molecule has 1 aromatic rings. The quantitative estimate of drug-likeness (QED) is 0.520. The highest BCUT2D eigenvalue weighted by Crippen LogP contribution is 2.29. The van der Waals surface area contributed by atoms with Gasteiger partial charge in [0.1, 0.15) is 6.04 Å². The molecule has 0 aromatic heterocycles. The molecule has 1 N–H and O–H groups in total. The molecule has 106 valence electrons. The Morgan fingerprint density at radius 1 is 1.50 bits per heavy atom. The summed E-state index contributed by atoms with van der Waals surface area (Å²) in [6.45, 7) is 2.01. The summed E-state index contributed by atoms with van der Waals surface area (Å²) in [4.78, 5) is 34.9. The highest BCUT2D eigenvalue weighted by molar-refractivity contribution is 6.33. The number of likely N-dealkylation sites (tertiary alicyclic amines) is 1. The van der Waals surface area contributed by atoms with Crippen molar-refractivity contribution in [3.63, 3.8) is 0 Å². The second-order valence-electron chi connectivity index (χ2n) is 4.30. The van der Waals surface area contributed by atoms with Crippen LogP contribution in [0.3, 0.4) is 0 Å². The molecule has 1 atom stereocenters. The predicted octanol–water partition coefficient (Wildman–Crippen LogP) is 1.81. The van der Waals surface area contributed by atoms with E-state index in [2.05, 4.69) is 5.32 Å². The van der Waals surface area contributed by atoms with Gasteiger partial charge < -0.3 is 5.32 Å². The van der Waals surface area contributed by atoms with Gasteiger partial charge in [-0.05, 0) is 13.0 Å². The number of nitro benzene ring substituents is 1. The topological polar surface area (TPSA) is 92.6 Å². The second-order valence-corrected chi connectivity index (χ2v) is 4.71. The molecular weight excluding hydrogens is 286 g/mol. The molecule has 1 aliphatic rings. The van der Waals surface area contributed by atoms with Crippen LogP contribution in [0.15, 0.2) is 18.2 Å². The van der Waals surface area contributed by atoms with Crippen molar-refractivity contribution >= 4 is 34.8 Å². The molecule has 0 radical (unpaired) electrons. The van der Waals surface area contributed by atoms with Crippen LogP contribution in [-0.2, 0) is 9.59 Å². The molecule has 8 heteroatoms. The van der Waals surface area contributed by atoms with Gasteiger partial charge in [0.15, 0.2) is 0 Å². The summed E-state index contributed by atoms with van der Waals surface area (Å²) in [6.07, 6.45) is 0.0195. The first kappa shape index (κ1) is 14.3. The lowest BCUT2D eigenvalue weighted by Crippen LogP contribution is -2.34. The number of likely N-dealkylation sites (N-methyl/N-ethyl adjacent to an activating group) is 1. The van der Waals surface area contributed by atoms with Crippen LogP contribution in [0.1, 0.15) is 13.3 Å². The minimum absolute atomic E-state index is 0.0195. The maximum absolute atomic E-state index is 11.9. The Morgan fingerprint density at radius 3 is 2.75 bits per heavy atom. The SMILES string of the molecule is CCN1C(=O)CC(Nc2cc([N+](=O)[O-])ccc2Cl)C1=O. The smallest absolute Gasteiger partial charge is 0.271 e. The molecule has 1 aliphatic heterocycles. The first-order chi connectivity index (χ1) is 9.43. The lowest BCUT2D eigenvalue weighted by atomic mass is 10.2. The number of amides is 2. The average Bonchev–Trinajstić information content (AvgIpc) is 2.66. The van der Waals surface area contributed by atoms with Crippen molar-refractivity contribution < 1.29 is 14.5 Å². The summed E-state index contributed by atoms with van der Waals surface area (Å²) < 4.78 is 0. The van der Waals surface area contributed by atoms with Gasteiger partial charge in [0, 0.05) is 18.7 Å². The third-order valence-corrected chi connectivity index (χ3v) is 3.38. The Kier molecular flexibility index (Phi) is 3.89. The Labute approximate surface area is 119 Å². The van der Waals surface area contributed by atoms with E-state index in [4.69, 9.17) is 11.6 Å². The van der Waals surface area contributed by atoms with Gasteiger partial charge in [0.25, 0.3) is 11.6 Å². The van der Waals surface area contributed by atoms with E-state index in [1.54, 1.807) is 6.92 Å². The van der Waals surface area contributed by atoms with Crippen LogP contribution in [0.5, 0.6) is 0 Å². The van der Waals surface area contributed by atoms with Crippen LogP contribution >= 0.6 is 11.6 Å². The van der Waals surface area contributed by atoms with E-state index in [1.165, 1.54) is 18.2 Å². The van der Waals surface area contributed by atoms with E-state index in [0.717, 1.165) is 4.90 Å². The van der Waals surface area contributed by atoms with Crippen LogP contribution in [0.4, 0.5) is 11.4 Å². The first-order valence-corrected chi connectivity index (χ1v) is 6.36. The number of hydrogen-bond acceptors (Lipinski definition) is 5. The second kappa shape index (κ2) is 5.46. The van der Waals surface area contributed by atoms with Crippen LogP contribution in [-0.4, -0.2) is 34.2 Å². The maximum atomic E-state index is 11.9. The molecule has 1 saturated heterocycles. The Bertz CT molecular complexity index is 590. The largest absolute Gasteiger partial charge is 0.372 e. The van der Waals surface area contributed by atoms with Crippen molar-refractivity contribution in [1.82, 2.24) is 4.90 Å². The van der Waals surface area contributed by atoms with Crippen LogP contribution < -0.4 is 5.32 Å². The lowest BCUT2D eigenvalue weighted by Gasteiger charge is -2.14. The summed E-state index contributed by atoms with van der Waals surface area (Å²) >= 11 is 5.94. The molecule has 20 heavy (non-hydrogen) atoms. The number of non-ortho nitro benzene ring substituents is 1. The molecular formula is C12H12ClN3O4. The molecule has 0 saturated carbocycles. The van der Waals surface area contributed by atoms with Crippen LogP contribution in [0.25, 0.3) is 0 Å². The monoisotopic (exact) mass is 297 g/mol. The van der Waals surface area contributed by atoms with E-state index >= 15 is 0 Å². The minimum Gasteiger partial charge on any atom is -0.372 e. The molecule has 1 heterocycles. The fraction of sp³-hybridized carbons (Fsp3) is 0.333. The number of nitrogens with one attached hydrogen (secondary N) is 1. The zero-order chi connectivity index (χ0) is 14.9. The number of benzene rings is 1. The Hall–Kier alpha value is -2.15. The van der Waals surface area contributed by atoms with Gasteiger partial charge in [-0.2, -0.15) is 0 Å². The van der Waals surface area contributed by atoms with Crippen molar-refractivity contribution in [3.8, 4) is 0 Å². The molecule has 2 rings (SSSR count). The third-order valence-electron chi connectivity index (χ3n) is 3.05. The number of nitrogens with zero attached hydrogens (tertiary/aromatic N) is 2. The van der Waals surface area contributed by atoms with E-state index in [1.807, 2.05) is 0 Å². The number of carbonyl (C=O) groups excluding carboxylic acids is 2. The summed E-state index contributed by atoms with van der Waals surface area (Å²) in [5.74, 6) is -0.614. The van der Waals surface area contributed by atoms with Gasteiger partial charge >= 0.3 is 0 Å². The van der Waals surface area contributed by atoms with Gasteiger partial charge in [-0.25, -0.2) is 0 Å². The molecule has 1 aromatic carbocycles. The summed E-state index contributed by atoms with van der Waals surface area (Å²) in [6, 6.07) is 3.16. The van der Waals surface area contributed by atoms with Crippen LogP contribution in [0, 0.1) is 10.1 Å². The van der Waals surface area contributed by atoms with Gasteiger partial charge in [-0.1, -0.05) is 11.6 Å². The highest BCUT2D eigenvalue weighted by Gasteiger charge is 2.37. The molecule has 2 amide bonds. The molecule has 0 aliphatic carbocycles. The number of anilines is 1. The molecule has 7 nitrogen and oxygen atoms in total. The number of nitro groups is 1. The van der Waals surface area contributed by atoms with E-state index in [9.17, 15) is 19.7 Å². The van der Waals surface area contributed by atoms with Gasteiger partial charge in [-0.15, -0.1) is 0 Å². The maximum Gasteiger partial charge on any atom is 0.271 e. The standard InChI is InChI=1S/C12H12ClN3O4/c1-2-15-11(17)6-10(12(15)18)14-9-5-7(16(19)20)3-4-8(9)13/h3-5,10,14H,2,6H2,1H3. The van der Waals surface area contributed by atoms with Crippen molar-refractivity contribution in [3.05, 3.63) is 33.3 Å². The van der Waals surface area contributed by atoms with Crippen molar-refractivity contribution in [2.24, 2.45) is 0 Å². The number of halogens is 1. The fourth-order valence-corrected chi connectivity index (χ4v) is 2.23. The number of imide groups is 1. The predicted molar refractivity (Wildman–Crippen MR) is 72.5 cm³/mol. The minimum atomic E-state index is -0.734. The average molecular weight is 298 g/mol. The number of carbonyl (C=O) groups is 2. The van der Waals surface area contributed by atoms with Gasteiger partial charge in [0.05, 0.1) is 22.1 Å². The van der Waals surface area contributed by atoms with E-state index < -0.39 is 11.0 Å². The third kappa shape index (κ3) is 2.57.